The Balaban J connectivity index is 1.98. The van der Waals surface area contributed by atoms with E-state index >= 15 is 0 Å². The normalized spacial score (nSPS) is 11.8. The van der Waals surface area contributed by atoms with Gasteiger partial charge in [-0.15, -0.1) is 0 Å². The van der Waals surface area contributed by atoms with E-state index in [2.05, 4.69) is 20.9 Å². The lowest BCUT2D eigenvalue weighted by atomic mass is 10.1. The molecule has 0 spiro atoms. The van der Waals surface area contributed by atoms with Crippen molar-refractivity contribution >= 4 is 21.7 Å². The summed E-state index contributed by atoms with van der Waals surface area (Å²) in [5.41, 5.74) is 1.97. The molecule has 2 rings (SSSR count). The van der Waals surface area contributed by atoms with Gasteiger partial charge < -0.3 is 16.0 Å². The summed E-state index contributed by atoms with van der Waals surface area (Å²) in [5.74, 6) is -0.477. The molecule has 0 aliphatic heterocycles. The highest BCUT2D eigenvalue weighted by Crippen LogP contribution is 2.15. The molecule has 0 saturated carbocycles. The Labute approximate surface area is 176 Å². The molecular formula is C21H27FN4O3S. The number of carbonyl (C=O) groups excluding carboxylic acids is 1. The number of rotatable bonds is 9. The molecule has 0 radical (unpaired) electrons. The van der Waals surface area contributed by atoms with Crippen molar-refractivity contribution in [3.8, 4) is 0 Å². The van der Waals surface area contributed by atoms with Gasteiger partial charge in [0.25, 0.3) is 0 Å². The first-order valence-corrected chi connectivity index (χ1v) is 11.6. The lowest BCUT2D eigenvalue weighted by Gasteiger charge is -2.13. The SMILES string of the molecule is CCNC(=NCc1cc(F)ccc1CS(C)(=O)=O)NCC(=O)NCc1ccccc1. The lowest BCUT2D eigenvalue weighted by Crippen LogP contribution is -2.43. The number of halogens is 1. The molecule has 0 bridgehead atoms. The Bertz CT molecular complexity index is 979. The number of nitrogens with one attached hydrogen (secondary N) is 3. The molecule has 30 heavy (non-hydrogen) atoms. The molecule has 0 aliphatic rings. The molecule has 9 heteroatoms. The molecule has 0 unspecified atom stereocenters. The maximum Gasteiger partial charge on any atom is 0.239 e. The minimum atomic E-state index is -3.27. The molecule has 0 fully saturated rings. The summed E-state index contributed by atoms with van der Waals surface area (Å²) in [7, 11) is -3.27. The van der Waals surface area contributed by atoms with Gasteiger partial charge in [0.2, 0.25) is 5.91 Å². The summed E-state index contributed by atoms with van der Waals surface area (Å²) in [6.07, 6.45) is 1.13. The van der Waals surface area contributed by atoms with E-state index in [1.165, 1.54) is 18.2 Å². The van der Waals surface area contributed by atoms with E-state index in [4.69, 9.17) is 0 Å². The number of hydrogen-bond acceptors (Lipinski definition) is 4. The van der Waals surface area contributed by atoms with Crippen molar-refractivity contribution in [3.05, 3.63) is 71.0 Å². The Morgan fingerprint density at radius 2 is 1.77 bits per heavy atom. The lowest BCUT2D eigenvalue weighted by molar-refractivity contribution is -0.120. The van der Waals surface area contributed by atoms with Gasteiger partial charge in [0.1, 0.15) is 5.82 Å². The second-order valence-electron chi connectivity index (χ2n) is 6.79. The predicted octanol–water partition coefficient (Wildman–Crippen LogP) is 1.74. The summed E-state index contributed by atoms with van der Waals surface area (Å²) >= 11 is 0. The third kappa shape index (κ3) is 8.60. The monoisotopic (exact) mass is 434 g/mol. The Morgan fingerprint density at radius 1 is 1.03 bits per heavy atom. The molecule has 2 aromatic carbocycles. The van der Waals surface area contributed by atoms with Gasteiger partial charge in [-0.1, -0.05) is 36.4 Å². The van der Waals surface area contributed by atoms with Gasteiger partial charge >= 0.3 is 0 Å². The van der Waals surface area contributed by atoms with Crippen molar-refractivity contribution in [2.45, 2.75) is 25.8 Å². The third-order valence-corrected chi connectivity index (χ3v) is 4.92. The third-order valence-electron chi connectivity index (χ3n) is 4.09. The van der Waals surface area contributed by atoms with Crippen LogP contribution >= 0.6 is 0 Å². The fraction of sp³-hybridized carbons (Fsp3) is 0.333. The van der Waals surface area contributed by atoms with Gasteiger partial charge in [-0.25, -0.2) is 17.8 Å². The molecular weight excluding hydrogens is 407 g/mol. The summed E-state index contributed by atoms with van der Waals surface area (Å²) < 4.78 is 36.9. The van der Waals surface area contributed by atoms with E-state index in [0.717, 1.165) is 11.8 Å². The molecule has 3 N–H and O–H groups in total. The zero-order chi connectivity index (χ0) is 22.0. The summed E-state index contributed by atoms with van der Waals surface area (Å²) in [6, 6.07) is 13.5. The minimum absolute atomic E-state index is 0.0119. The Morgan fingerprint density at radius 3 is 2.43 bits per heavy atom. The summed E-state index contributed by atoms with van der Waals surface area (Å²) in [6.45, 7) is 2.95. The number of hydrogen-bond donors (Lipinski definition) is 3. The quantitative estimate of drug-likeness (QED) is 0.412. The Hall–Kier alpha value is -2.94. The van der Waals surface area contributed by atoms with E-state index in [-0.39, 0.29) is 24.7 Å². The molecule has 0 aliphatic carbocycles. The first kappa shape index (κ1) is 23.3. The van der Waals surface area contributed by atoms with Crippen molar-refractivity contribution in [3.63, 3.8) is 0 Å². The number of benzene rings is 2. The average Bonchev–Trinajstić information content (AvgIpc) is 2.70. The zero-order valence-corrected chi connectivity index (χ0v) is 17.9. The van der Waals surface area contributed by atoms with E-state index in [1.54, 1.807) is 0 Å². The topological polar surface area (TPSA) is 99.7 Å². The largest absolute Gasteiger partial charge is 0.357 e. The number of aliphatic imine (C=N–C) groups is 1. The van der Waals surface area contributed by atoms with Gasteiger partial charge in [-0.3, -0.25) is 4.79 Å². The molecule has 0 atom stereocenters. The first-order chi connectivity index (χ1) is 14.3. The molecule has 0 aromatic heterocycles. The highest BCUT2D eigenvalue weighted by molar-refractivity contribution is 7.89. The van der Waals surface area contributed by atoms with Gasteiger partial charge in [0.05, 0.1) is 18.8 Å². The standard InChI is InChI=1S/C21H27FN4O3S/c1-3-23-21(26-14-20(27)24-12-16-7-5-4-6-8-16)25-13-18-11-19(22)10-9-17(18)15-30(2,28)29/h4-11H,3,12-15H2,1-2H3,(H,24,27)(H2,23,25,26). The van der Waals surface area contributed by atoms with Crippen LogP contribution in [0.5, 0.6) is 0 Å². The second-order valence-corrected chi connectivity index (χ2v) is 8.93. The smallest absolute Gasteiger partial charge is 0.239 e. The number of guanidine groups is 1. The van der Waals surface area contributed by atoms with Crippen LogP contribution < -0.4 is 16.0 Å². The van der Waals surface area contributed by atoms with Crippen molar-refractivity contribution in [1.82, 2.24) is 16.0 Å². The number of sulfone groups is 1. The van der Waals surface area contributed by atoms with Crippen LogP contribution in [-0.4, -0.2) is 39.6 Å². The number of amides is 1. The van der Waals surface area contributed by atoms with Crippen molar-refractivity contribution in [1.29, 1.82) is 0 Å². The predicted molar refractivity (Wildman–Crippen MR) is 116 cm³/mol. The maximum atomic E-state index is 13.6. The van der Waals surface area contributed by atoms with Gasteiger partial charge in [0, 0.05) is 19.3 Å². The molecule has 162 valence electrons. The highest BCUT2D eigenvalue weighted by Gasteiger charge is 2.11. The maximum absolute atomic E-state index is 13.6. The van der Waals surface area contributed by atoms with Gasteiger partial charge in [-0.05, 0) is 35.7 Å². The van der Waals surface area contributed by atoms with Crippen LogP contribution in [0, 0.1) is 5.82 Å². The molecule has 1 amide bonds. The fourth-order valence-corrected chi connectivity index (χ4v) is 3.54. The Kier molecular flexibility index (Phi) is 8.79. The van der Waals surface area contributed by atoms with E-state index < -0.39 is 15.7 Å². The molecule has 0 saturated heterocycles. The van der Waals surface area contributed by atoms with Gasteiger partial charge in [-0.2, -0.15) is 0 Å². The van der Waals surface area contributed by atoms with Crippen LogP contribution in [0.15, 0.2) is 53.5 Å². The van der Waals surface area contributed by atoms with E-state index in [1.807, 2.05) is 37.3 Å². The molecule has 7 nitrogen and oxygen atoms in total. The molecule has 2 aromatic rings. The van der Waals surface area contributed by atoms with Crippen LogP contribution in [0.25, 0.3) is 0 Å². The fourth-order valence-electron chi connectivity index (χ4n) is 2.69. The zero-order valence-electron chi connectivity index (χ0n) is 17.1. The minimum Gasteiger partial charge on any atom is -0.357 e. The van der Waals surface area contributed by atoms with E-state index in [9.17, 15) is 17.6 Å². The number of nitrogens with zero attached hydrogens (tertiary/aromatic N) is 1. The number of carbonyl (C=O) groups is 1. The van der Waals surface area contributed by atoms with Crippen LogP contribution in [0.3, 0.4) is 0 Å². The van der Waals surface area contributed by atoms with Crippen LogP contribution in [0.4, 0.5) is 4.39 Å². The first-order valence-electron chi connectivity index (χ1n) is 9.54. The molecule has 0 heterocycles. The van der Waals surface area contributed by atoms with Crippen molar-refractivity contribution < 1.29 is 17.6 Å². The summed E-state index contributed by atoms with van der Waals surface area (Å²) in [5, 5.41) is 8.75. The van der Waals surface area contributed by atoms with Gasteiger partial charge in [0.15, 0.2) is 15.8 Å². The summed E-state index contributed by atoms with van der Waals surface area (Å²) in [4.78, 5) is 16.4. The van der Waals surface area contributed by atoms with Crippen LogP contribution in [-0.2, 0) is 33.5 Å². The average molecular weight is 435 g/mol. The van der Waals surface area contributed by atoms with E-state index in [0.29, 0.717) is 30.2 Å². The van der Waals surface area contributed by atoms with Crippen LogP contribution in [0.1, 0.15) is 23.6 Å². The second kappa shape index (κ2) is 11.3. The highest BCUT2D eigenvalue weighted by atomic mass is 32.2. The van der Waals surface area contributed by atoms with Crippen molar-refractivity contribution in [2.24, 2.45) is 4.99 Å². The van der Waals surface area contributed by atoms with Crippen LogP contribution in [0.2, 0.25) is 0 Å². The van der Waals surface area contributed by atoms with Crippen molar-refractivity contribution in [2.75, 3.05) is 19.3 Å².